The van der Waals surface area contributed by atoms with E-state index in [2.05, 4.69) is 21.3 Å². The van der Waals surface area contributed by atoms with Gasteiger partial charge in [0.2, 0.25) is 11.8 Å². The van der Waals surface area contributed by atoms with Crippen molar-refractivity contribution in [2.75, 3.05) is 183 Å². The van der Waals surface area contributed by atoms with Crippen LogP contribution in [0, 0.1) is 41.7 Å². The molecule has 12 N–H and O–H groups in total. The molecule has 4 aromatic rings. The Morgan fingerprint density at radius 1 is 0.333 bits per heavy atom. The van der Waals surface area contributed by atoms with Crippen molar-refractivity contribution in [3.05, 3.63) is 119 Å². The van der Waals surface area contributed by atoms with Gasteiger partial charge in [-0.15, -0.1) is 0 Å². The van der Waals surface area contributed by atoms with Crippen LogP contribution in [0.3, 0.4) is 0 Å². The fourth-order valence-corrected chi connectivity index (χ4v) is 13.6. The smallest absolute Gasteiger partial charge is 0.480 e. The summed E-state index contributed by atoms with van der Waals surface area (Å²) in [7, 11) is 0. The van der Waals surface area contributed by atoms with Gasteiger partial charge in [-0.25, -0.2) is 19.2 Å². The first-order chi connectivity index (χ1) is 51.8. The Morgan fingerprint density at radius 3 is 0.748 bits per heavy atom. The number of aliphatic carboxylic acids is 8. The minimum Gasteiger partial charge on any atom is -0.480 e. The number of rotatable bonds is 34. The zero-order chi connectivity index (χ0) is 78.1. The third-order valence-corrected chi connectivity index (χ3v) is 19.1. The molecule has 2 saturated heterocycles. The van der Waals surface area contributed by atoms with Crippen molar-refractivity contribution in [3.63, 3.8) is 0 Å². The largest absolute Gasteiger partial charge is 4.00 e. The third kappa shape index (κ3) is 33.5. The van der Waals surface area contributed by atoms with Crippen LogP contribution in [0.2, 0.25) is 0 Å². The molecule has 0 bridgehead atoms. The van der Waals surface area contributed by atoms with Crippen LogP contribution in [0.15, 0.2) is 97.1 Å². The molecular formula is C75H104CeCuN12O22+4. The van der Waals surface area contributed by atoms with E-state index in [4.69, 9.17) is 9.47 Å². The zero-order valence-electron chi connectivity index (χ0n) is 61.3. The maximum atomic E-state index is 12.9. The van der Waals surface area contributed by atoms with E-state index in [1.165, 1.54) is 0 Å². The number of nitrogens with one attached hydrogen (secondary N) is 4. The Hall–Kier alpha value is -8.30. The zero-order valence-corrected chi connectivity index (χ0v) is 65.3. The van der Waals surface area contributed by atoms with E-state index >= 15 is 0 Å². The van der Waals surface area contributed by atoms with Gasteiger partial charge in [-0.05, 0) is 83.0 Å². The van der Waals surface area contributed by atoms with Gasteiger partial charge in [-0.1, -0.05) is 104 Å². The van der Waals surface area contributed by atoms with E-state index in [0.717, 1.165) is 44.5 Å². The first kappa shape index (κ1) is 95.1. The van der Waals surface area contributed by atoms with Crippen molar-refractivity contribution in [3.8, 4) is 22.3 Å². The predicted molar refractivity (Wildman–Crippen MR) is 397 cm³/mol. The summed E-state index contributed by atoms with van der Waals surface area (Å²) in [5, 5.41) is 86.3. The molecule has 0 unspecified atom stereocenters. The normalized spacial score (nSPS) is 16.4. The van der Waals surface area contributed by atoms with Gasteiger partial charge in [0.1, 0.15) is 25.3 Å². The number of hydrogen-bond acceptors (Lipinski definition) is 22. The predicted octanol–water partition coefficient (Wildman–Crippen LogP) is 2.11. The maximum Gasteiger partial charge on any atom is 4.00 e. The average Bonchev–Trinajstić information content (AvgIpc) is 1.62. The molecule has 34 nitrogen and oxygen atoms in total. The van der Waals surface area contributed by atoms with Gasteiger partial charge in [0.05, 0.1) is 52.4 Å². The topological polar surface area (TPSA) is 459 Å². The molecule has 2 aliphatic heterocycles. The van der Waals surface area contributed by atoms with Crippen LogP contribution in [0.5, 0.6) is 0 Å². The molecule has 4 aliphatic rings. The summed E-state index contributed by atoms with van der Waals surface area (Å²) in [5.74, 6) is -9.60. The number of ether oxygens (including phenoxy) is 2. The maximum absolute atomic E-state index is 12.9. The summed E-state index contributed by atoms with van der Waals surface area (Å²) in [5.41, 5.74) is 8.47. The van der Waals surface area contributed by atoms with E-state index in [0.29, 0.717) is 51.9 Å². The Bertz CT molecular complexity index is 3350. The van der Waals surface area contributed by atoms with Crippen LogP contribution in [-0.2, 0) is 74.5 Å². The van der Waals surface area contributed by atoms with Crippen LogP contribution >= 0.6 is 0 Å². The van der Waals surface area contributed by atoms with Crippen LogP contribution in [-0.4, -0.2) is 347 Å². The van der Waals surface area contributed by atoms with Gasteiger partial charge in [-0.2, -0.15) is 0 Å². The second kappa shape index (κ2) is 49.9. The summed E-state index contributed by atoms with van der Waals surface area (Å²) in [4.78, 5) is 158. The molecule has 1 radical (unpaired) electrons. The number of nitrogens with zero attached hydrogens (tertiary/aromatic N) is 8. The number of carbonyl (C=O) groups is 12. The average molecular weight is 1730 g/mol. The molecule has 2 aliphatic carbocycles. The Kier molecular flexibility index (Phi) is 42.8. The number of amides is 4. The Balaban J connectivity index is 0.000000456. The summed E-state index contributed by atoms with van der Waals surface area (Å²) in [6.07, 6.45) is 0.223. The fourth-order valence-electron chi connectivity index (χ4n) is 13.6. The third-order valence-electron chi connectivity index (χ3n) is 19.1. The molecule has 36 heteroatoms. The van der Waals surface area contributed by atoms with Gasteiger partial charge >= 0.3 is 102 Å². The molecule has 607 valence electrons. The molecule has 2 heterocycles. The van der Waals surface area contributed by atoms with Crippen molar-refractivity contribution in [1.29, 1.82) is 0 Å². The molecule has 0 spiro atoms. The number of fused-ring (bicyclic) bond motifs is 6. The fraction of sp³-hybridized carbons (Fsp3) is 0.520. The van der Waals surface area contributed by atoms with Crippen molar-refractivity contribution < 1.29 is 167 Å². The van der Waals surface area contributed by atoms with Crippen LogP contribution in [0.1, 0.15) is 80.0 Å². The number of unbranched alkanes of at least 4 members (excludes halogenated alkanes) is 2. The monoisotopic (exact) mass is 1730 g/mol. The summed E-state index contributed by atoms with van der Waals surface area (Å²) in [6, 6.07) is 29.2. The minimum absolute atomic E-state index is 0. The molecule has 4 amide bonds. The second-order valence-electron chi connectivity index (χ2n) is 27.0. The van der Waals surface area contributed by atoms with Crippen molar-refractivity contribution in [2.45, 2.75) is 69.9 Å². The number of carboxylic acid groups (broad SMARTS) is 8. The summed E-state index contributed by atoms with van der Waals surface area (Å²) in [6.45, 7) is 3.47. The van der Waals surface area contributed by atoms with Gasteiger partial charge in [0.15, 0.2) is 0 Å². The van der Waals surface area contributed by atoms with E-state index < -0.39 is 72.0 Å². The van der Waals surface area contributed by atoms with Crippen molar-refractivity contribution in [1.82, 2.24) is 60.5 Å². The minimum atomic E-state index is -1.20. The molecule has 4 aromatic carbocycles. The first-order valence-corrected chi connectivity index (χ1v) is 36.1. The SMILES string of the molecule is C.O=C(O)CN1CCN(CC(=O)O)CCN(CC(=O)NCCCC[C@H](NC(=O)OCC2c3ccccc3-c3ccccc32)C(=O)O)CCN(CC(=O)O)CC1.O=C(O)CN1CCN(CC(=O)O)CCN(CC(=O)NCCCC[C@H](NC(=O)OCC2c3ccccc3-c3ccccc32)C(=O)O)CCN(CC(=O)O)CC1.[Ce+4].[Cu]. The van der Waals surface area contributed by atoms with Gasteiger partial charge in [0.25, 0.3) is 0 Å². The summed E-state index contributed by atoms with van der Waals surface area (Å²) < 4.78 is 11.0. The van der Waals surface area contributed by atoms with E-state index in [-0.39, 0.29) is 260 Å². The van der Waals surface area contributed by atoms with Gasteiger partial charge in [-0.3, -0.25) is 77.6 Å². The number of benzene rings is 4. The molecular weight excluding hydrogens is 1620 g/mol. The van der Waals surface area contributed by atoms with Crippen molar-refractivity contribution in [2.24, 2.45) is 0 Å². The molecule has 2 fully saturated rings. The quantitative estimate of drug-likeness (QED) is 0.0235. The number of alkyl carbamates (subject to hydrolysis) is 2. The molecule has 2 atom stereocenters. The second-order valence-corrected chi connectivity index (χ2v) is 27.0. The molecule has 111 heavy (non-hydrogen) atoms. The number of carbonyl (C=O) groups excluding carboxylic acids is 4. The van der Waals surface area contributed by atoms with Gasteiger partial charge < -0.3 is 71.6 Å². The molecule has 0 aromatic heterocycles. The molecule has 0 saturated carbocycles. The number of carboxylic acids is 8. The van der Waals surface area contributed by atoms with Crippen LogP contribution in [0.4, 0.5) is 9.59 Å². The number of hydrogen-bond donors (Lipinski definition) is 12. The van der Waals surface area contributed by atoms with E-state index in [9.17, 15) is 98.4 Å². The van der Waals surface area contributed by atoms with Crippen LogP contribution < -0.4 is 21.3 Å². The van der Waals surface area contributed by atoms with E-state index in [1.807, 2.05) is 107 Å². The Labute approximate surface area is 688 Å². The summed E-state index contributed by atoms with van der Waals surface area (Å²) >= 11 is 0. The Morgan fingerprint density at radius 2 is 0.541 bits per heavy atom. The standard InChI is InChI=1S/2C37H50N6O11.CH4.Ce.Cu/c2*44-32(21-40-13-15-41(22-33(45)46)17-19-43(24-35(49)50)20-18-42(16-14-40)23-34(47)48)38-12-6-5-11-31(36(51)52)39-37(53)54-25-30-28-9-3-1-7-26(28)27-8-2-4-10-29(27)30;;;/h2*1-4,7-10,30-31H,5-6,11-25H2,(H,38,44)(H,39,53)(H,45,46)(H,47,48)(H,49,50)(H,51,52);1H4;;/q;;;+4;/t2*31-;;;/m00.../s1. The van der Waals surface area contributed by atoms with Crippen molar-refractivity contribution >= 4 is 71.8 Å². The van der Waals surface area contributed by atoms with E-state index in [1.54, 1.807) is 29.4 Å². The first-order valence-electron chi connectivity index (χ1n) is 36.1. The van der Waals surface area contributed by atoms with Crippen LogP contribution in [0.25, 0.3) is 22.3 Å². The molecule has 8 rings (SSSR count). The van der Waals surface area contributed by atoms with Gasteiger partial charge in [0, 0.05) is 147 Å².